The molecule has 0 aromatic heterocycles. The Balaban J connectivity index is 1.80. The first kappa shape index (κ1) is 18.8. The maximum Gasteiger partial charge on any atom is 0.128 e. The van der Waals surface area contributed by atoms with Crippen molar-refractivity contribution in [3.8, 4) is 5.75 Å². The van der Waals surface area contributed by atoms with E-state index in [9.17, 15) is 0 Å². The summed E-state index contributed by atoms with van der Waals surface area (Å²) in [4.78, 5) is 4.55. The average Bonchev–Trinajstić information content (AvgIpc) is 2.62. The fourth-order valence-electron chi connectivity index (χ4n) is 2.37. The van der Waals surface area contributed by atoms with Gasteiger partial charge in [-0.1, -0.05) is 59.1 Å². The first-order valence-corrected chi connectivity index (χ1v) is 9.12. The van der Waals surface area contributed by atoms with Gasteiger partial charge in [-0.15, -0.1) is 0 Å². The molecule has 0 heterocycles. The quantitative estimate of drug-likeness (QED) is 0.409. The number of halogens is 3. The van der Waals surface area contributed by atoms with Gasteiger partial charge < -0.3 is 4.74 Å². The van der Waals surface area contributed by atoms with Crippen LogP contribution in [-0.4, -0.2) is 6.21 Å². The molecular weight excluding hydrogens is 389 g/mol. The Morgan fingerprint density at radius 3 is 2.46 bits per heavy atom. The number of hydrogen-bond donors (Lipinski definition) is 0. The normalized spacial score (nSPS) is 11.1. The molecule has 26 heavy (non-hydrogen) atoms. The van der Waals surface area contributed by atoms with E-state index in [1.54, 1.807) is 18.3 Å². The van der Waals surface area contributed by atoms with Crippen LogP contribution in [0.2, 0.25) is 15.1 Å². The zero-order valence-electron chi connectivity index (χ0n) is 14.0. The number of aryl methyl sites for hydroxylation is 1. The summed E-state index contributed by atoms with van der Waals surface area (Å²) in [6.45, 7) is 2.34. The van der Waals surface area contributed by atoms with E-state index < -0.39 is 0 Å². The topological polar surface area (TPSA) is 21.6 Å². The molecule has 0 aliphatic rings. The van der Waals surface area contributed by atoms with E-state index in [2.05, 4.69) is 4.99 Å². The minimum absolute atomic E-state index is 0.344. The lowest BCUT2D eigenvalue weighted by atomic mass is 10.2. The smallest absolute Gasteiger partial charge is 0.128 e. The molecule has 0 aliphatic heterocycles. The van der Waals surface area contributed by atoms with Crippen LogP contribution in [0.4, 0.5) is 5.69 Å². The first-order chi connectivity index (χ1) is 12.5. The first-order valence-electron chi connectivity index (χ1n) is 7.99. The molecule has 132 valence electrons. The van der Waals surface area contributed by atoms with E-state index in [4.69, 9.17) is 39.5 Å². The molecule has 0 saturated heterocycles. The van der Waals surface area contributed by atoms with Gasteiger partial charge in [0, 0.05) is 32.4 Å². The second kappa shape index (κ2) is 8.59. The van der Waals surface area contributed by atoms with Crippen molar-refractivity contribution < 1.29 is 4.74 Å². The van der Waals surface area contributed by atoms with Crippen LogP contribution in [0.15, 0.2) is 65.7 Å². The molecule has 0 aliphatic carbocycles. The van der Waals surface area contributed by atoms with Crippen molar-refractivity contribution in [2.24, 2.45) is 4.99 Å². The van der Waals surface area contributed by atoms with Crippen LogP contribution in [0, 0.1) is 6.92 Å². The highest BCUT2D eigenvalue weighted by Crippen LogP contribution is 2.26. The van der Waals surface area contributed by atoms with Gasteiger partial charge in [-0.25, -0.2) is 0 Å². The molecule has 0 fully saturated rings. The van der Waals surface area contributed by atoms with Gasteiger partial charge in [0.25, 0.3) is 0 Å². The Kier molecular flexibility index (Phi) is 6.20. The standard InChI is InChI=1S/C21H16Cl3NO/c1-14-6-8-18(23)11-20(14)25-12-15-4-2-3-5-21(15)26-13-16-7-9-17(22)10-19(16)24/h2-12H,13H2,1H3. The van der Waals surface area contributed by atoms with Crippen LogP contribution < -0.4 is 4.74 Å². The summed E-state index contributed by atoms with van der Waals surface area (Å²) < 4.78 is 5.94. The van der Waals surface area contributed by atoms with Crippen molar-refractivity contribution in [2.45, 2.75) is 13.5 Å². The highest BCUT2D eigenvalue weighted by molar-refractivity contribution is 6.35. The van der Waals surface area contributed by atoms with Crippen molar-refractivity contribution in [3.63, 3.8) is 0 Å². The molecule has 3 aromatic rings. The molecule has 0 bridgehead atoms. The zero-order valence-corrected chi connectivity index (χ0v) is 16.3. The maximum atomic E-state index is 6.21. The molecule has 0 N–H and O–H groups in total. The fraction of sp³-hybridized carbons (Fsp3) is 0.0952. The van der Waals surface area contributed by atoms with Gasteiger partial charge in [0.1, 0.15) is 12.4 Å². The average molecular weight is 405 g/mol. The van der Waals surface area contributed by atoms with E-state index in [0.29, 0.717) is 21.7 Å². The largest absolute Gasteiger partial charge is 0.488 e. The predicted molar refractivity (Wildman–Crippen MR) is 111 cm³/mol. The van der Waals surface area contributed by atoms with Crippen LogP contribution in [0.5, 0.6) is 5.75 Å². The van der Waals surface area contributed by atoms with E-state index >= 15 is 0 Å². The lowest BCUT2D eigenvalue weighted by Gasteiger charge is -2.10. The number of para-hydroxylation sites is 1. The summed E-state index contributed by atoms with van der Waals surface area (Å²) >= 11 is 18.2. The Morgan fingerprint density at radius 1 is 0.923 bits per heavy atom. The van der Waals surface area contributed by atoms with Crippen LogP contribution in [-0.2, 0) is 6.61 Å². The zero-order chi connectivity index (χ0) is 18.5. The minimum atomic E-state index is 0.344. The van der Waals surface area contributed by atoms with Crippen molar-refractivity contribution in [1.82, 2.24) is 0 Å². The summed E-state index contributed by atoms with van der Waals surface area (Å²) in [5.41, 5.74) is 3.62. The molecular formula is C21H16Cl3NO. The molecule has 0 atom stereocenters. The van der Waals surface area contributed by atoms with Gasteiger partial charge in [0.05, 0.1) is 5.69 Å². The second-order valence-corrected chi connectivity index (χ2v) is 7.03. The summed E-state index contributed by atoms with van der Waals surface area (Å²) in [5.74, 6) is 0.724. The number of hydrogen-bond acceptors (Lipinski definition) is 2. The van der Waals surface area contributed by atoms with Gasteiger partial charge in [-0.2, -0.15) is 0 Å². The molecule has 2 nitrogen and oxygen atoms in total. The monoisotopic (exact) mass is 403 g/mol. The summed E-state index contributed by atoms with van der Waals surface area (Å²) in [7, 11) is 0. The van der Waals surface area contributed by atoms with Gasteiger partial charge in [-0.05, 0) is 48.9 Å². The van der Waals surface area contributed by atoms with Crippen LogP contribution in [0.1, 0.15) is 16.7 Å². The lowest BCUT2D eigenvalue weighted by molar-refractivity contribution is 0.306. The Morgan fingerprint density at radius 2 is 1.65 bits per heavy atom. The van der Waals surface area contributed by atoms with Crippen molar-refractivity contribution in [2.75, 3.05) is 0 Å². The van der Waals surface area contributed by atoms with Crippen molar-refractivity contribution >= 4 is 46.7 Å². The van der Waals surface area contributed by atoms with E-state index in [-0.39, 0.29) is 0 Å². The number of rotatable bonds is 5. The highest BCUT2D eigenvalue weighted by atomic mass is 35.5. The highest BCUT2D eigenvalue weighted by Gasteiger charge is 2.05. The summed E-state index contributed by atoms with van der Waals surface area (Å²) in [6.07, 6.45) is 1.78. The van der Waals surface area contributed by atoms with Gasteiger partial charge in [0.15, 0.2) is 0 Å². The molecule has 3 aromatic carbocycles. The van der Waals surface area contributed by atoms with Crippen LogP contribution in [0.3, 0.4) is 0 Å². The molecule has 0 saturated carbocycles. The summed E-state index contributed by atoms with van der Waals surface area (Å²) in [5, 5.41) is 1.84. The van der Waals surface area contributed by atoms with Crippen LogP contribution >= 0.6 is 34.8 Å². The minimum Gasteiger partial charge on any atom is -0.488 e. The van der Waals surface area contributed by atoms with Crippen molar-refractivity contribution in [1.29, 1.82) is 0 Å². The molecule has 0 radical (unpaired) electrons. The molecule has 3 rings (SSSR count). The SMILES string of the molecule is Cc1ccc(Cl)cc1N=Cc1ccccc1OCc1ccc(Cl)cc1Cl. The molecule has 0 unspecified atom stereocenters. The molecule has 0 amide bonds. The van der Waals surface area contributed by atoms with Gasteiger partial charge in [-0.3, -0.25) is 4.99 Å². The Hall–Kier alpha value is -2.00. The lowest BCUT2D eigenvalue weighted by Crippen LogP contribution is -1.99. The van der Waals surface area contributed by atoms with Gasteiger partial charge >= 0.3 is 0 Å². The third kappa shape index (κ3) is 4.79. The Labute approximate surface area is 168 Å². The Bertz CT molecular complexity index is 954. The third-order valence-electron chi connectivity index (χ3n) is 3.83. The van der Waals surface area contributed by atoms with Crippen LogP contribution in [0.25, 0.3) is 0 Å². The number of nitrogens with zero attached hydrogens (tertiary/aromatic N) is 1. The number of ether oxygens (including phenoxy) is 1. The van der Waals surface area contributed by atoms with E-state index in [1.165, 1.54) is 0 Å². The van der Waals surface area contributed by atoms with Crippen molar-refractivity contribution in [3.05, 3.63) is 92.4 Å². The third-order valence-corrected chi connectivity index (χ3v) is 4.65. The van der Waals surface area contributed by atoms with E-state index in [0.717, 1.165) is 28.1 Å². The number of aliphatic imine (C=N–C) groups is 1. The maximum absolute atomic E-state index is 6.21. The second-order valence-electron chi connectivity index (χ2n) is 5.75. The van der Waals surface area contributed by atoms with E-state index in [1.807, 2.05) is 55.5 Å². The van der Waals surface area contributed by atoms with Gasteiger partial charge in [0.2, 0.25) is 0 Å². The molecule has 0 spiro atoms. The molecule has 5 heteroatoms. The fourth-order valence-corrected chi connectivity index (χ4v) is 3.00. The number of benzene rings is 3. The predicted octanol–water partition coefficient (Wildman–Crippen LogP) is 7.28. The summed E-state index contributed by atoms with van der Waals surface area (Å²) in [6, 6.07) is 18.7.